The highest BCUT2D eigenvalue weighted by atomic mass is 16.5. The molecule has 1 saturated heterocycles. The normalized spacial score (nSPS) is 17.9. The van der Waals surface area contributed by atoms with Gasteiger partial charge in [0.15, 0.2) is 6.10 Å². The molecule has 33 heavy (non-hydrogen) atoms. The number of morpholine rings is 1. The van der Waals surface area contributed by atoms with Crippen molar-refractivity contribution in [2.45, 2.75) is 18.9 Å². The Labute approximate surface area is 190 Å². The lowest BCUT2D eigenvalue weighted by Gasteiger charge is -2.37. The molecule has 0 aliphatic carbocycles. The number of anilines is 1. The molecule has 9 nitrogen and oxygen atoms in total. The molecule has 2 amide bonds. The second-order valence-corrected chi connectivity index (χ2v) is 7.89. The molecule has 170 valence electrons. The van der Waals surface area contributed by atoms with Crippen LogP contribution >= 0.6 is 0 Å². The average Bonchev–Trinajstić information content (AvgIpc) is 3.36. The summed E-state index contributed by atoms with van der Waals surface area (Å²) in [6.07, 6.45) is -0.279. The summed E-state index contributed by atoms with van der Waals surface area (Å²) < 4.78 is 16.6. The summed E-state index contributed by atoms with van der Waals surface area (Å²) in [5.74, 6) is 1.14. The van der Waals surface area contributed by atoms with Crippen LogP contribution in [0.4, 0.5) is 5.69 Å². The summed E-state index contributed by atoms with van der Waals surface area (Å²) in [4.78, 5) is 34.0. The predicted octanol–water partition coefficient (Wildman–Crippen LogP) is 2.32. The highest BCUT2D eigenvalue weighted by molar-refractivity contribution is 5.97. The molecule has 1 aromatic heterocycles. The molecule has 0 spiro atoms. The van der Waals surface area contributed by atoms with E-state index in [1.165, 1.54) is 0 Å². The summed E-state index contributed by atoms with van der Waals surface area (Å²) in [7, 11) is 0. The highest BCUT2D eigenvalue weighted by Gasteiger charge is 2.36. The van der Waals surface area contributed by atoms with Crippen LogP contribution < -0.4 is 9.64 Å². The molecule has 2 aromatic carbocycles. The molecular weight excluding hydrogens is 424 g/mol. The summed E-state index contributed by atoms with van der Waals surface area (Å²) >= 11 is 0. The Bertz CT molecular complexity index is 1130. The van der Waals surface area contributed by atoms with Crippen LogP contribution in [0.15, 0.2) is 59.1 Å². The van der Waals surface area contributed by atoms with E-state index in [4.69, 9.17) is 14.0 Å². The van der Waals surface area contributed by atoms with Crippen LogP contribution in [-0.2, 0) is 20.7 Å². The van der Waals surface area contributed by atoms with Gasteiger partial charge >= 0.3 is 0 Å². The lowest BCUT2D eigenvalue weighted by molar-refractivity contribution is -0.142. The largest absolute Gasteiger partial charge is 0.476 e. The smallest absolute Gasteiger partial charge is 0.265 e. The third kappa shape index (κ3) is 4.58. The molecule has 2 aliphatic rings. The first-order valence-corrected chi connectivity index (χ1v) is 11.0. The lowest BCUT2D eigenvalue weighted by Crippen LogP contribution is -2.54. The van der Waals surface area contributed by atoms with Crippen LogP contribution in [0.5, 0.6) is 5.75 Å². The number of carbonyl (C=O) groups excluding carboxylic acids is 2. The number of hydrogen-bond donors (Lipinski definition) is 0. The third-order valence-electron chi connectivity index (χ3n) is 5.73. The van der Waals surface area contributed by atoms with E-state index in [2.05, 4.69) is 10.1 Å². The van der Waals surface area contributed by atoms with Crippen molar-refractivity contribution >= 4 is 17.5 Å². The average molecular weight is 448 g/mol. The van der Waals surface area contributed by atoms with Gasteiger partial charge in [-0.2, -0.15) is 4.98 Å². The Morgan fingerprint density at radius 2 is 1.76 bits per heavy atom. The monoisotopic (exact) mass is 448 g/mol. The SMILES string of the molecule is O=C(C1CN(C(=O)CCc2nc(-c3ccccc3)no2)c2ccccc2O1)N1CCOCC1. The zero-order valence-corrected chi connectivity index (χ0v) is 18.1. The second kappa shape index (κ2) is 9.41. The molecule has 1 fully saturated rings. The van der Waals surface area contributed by atoms with Crippen molar-refractivity contribution in [1.82, 2.24) is 15.0 Å². The number of aromatic nitrogens is 2. The van der Waals surface area contributed by atoms with Crippen molar-refractivity contribution in [1.29, 1.82) is 0 Å². The second-order valence-electron chi connectivity index (χ2n) is 7.89. The van der Waals surface area contributed by atoms with Gasteiger partial charge in [-0.1, -0.05) is 47.6 Å². The third-order valence-corrected chi connectivity index (χ3v) is 5.73. The van der Waals surface area contributed by atoms with Crippen molar-refractivity contribution in [2.24, 2.45) is 0 Å². The topological polar surface area (TPSA) is 98.0 Å². The Morgan fingerprint density at radius 1 is 1.00 bits per heavy atom. The molecular formula is C24H24N4O5. The van der Waals surface area contributed by atoms with E-state index in [1.807, 2.05) is 48.5 Å². The Kier molecular flexibility index (Phi) is 6.03. The Hall–Kier alpha value is -3.72. The van der Waals surface area contributed by atoms with Gasteiger partial charge in [-0.3, -0.25) is 9.59 Å². The van der Waals surface area contributed by atoms with E-state index >= 15 is 0 Å². The standard InChI is InChI=1S/C24H24N4O5/c29-22(11-10-21-25-23(26-33-21)17-6-2-1-3-7-17)28-16-20(24(30)27-12-14-31-15-13-27)32-19-9-5-4-8-18(19)28/h1-9,20H,10-16H2. The number of rotatable bonds is 5. The van der Waals surface area contributed by atoms with E-state index in [1.54, 1.807) is 15.9 Å². The first kappa shape index (κ1) is 21.1. The number of ether oxygens (including phenoxy) is 2. The predicted molar refractivity (Wildman–Crippen MR) is 119 cm³/mol. The van der Waals surface area contributed by atoms with Gasteiger partial charge in [0, 0.05) is 31.5 Å². The van der Waals surface area contributed by atoms with Crippen molar-refractivity contribution in [2.75, 3.05) is 37.7 Å². The van der Waals surface area contributed by atoms with Crippen molar-refractivity contribution in [3.63, 3.8) is 0 Å². The van der Waals surface area contributed by atoms with Gasteiger partial charge in [-0.25, -0.2) is 0 Å². The fourth-order valence-electron chi connectivity index (χ4n) is 4.00. The number of carbonyl (C=O) groups is 2. The molecule has 0 saturated carbocycles. The van der Waals surface area contributed by atoms with E-state index < -0.39 is 6.10 Å². The number of hydrogen-bond acceptors (Lipinski definition) is 7. The first-order chi connectivity index (χ1) is 16.2. The van der Waals surface area contributed by atoms with Crippen molar-refractivity contribution < 1.29 is 23.6 Å². The minimum Gasteiger partial charge on any atom is -0.476 e. The van der Waals surface area contributed by atoms with Gasteiger partial charge < -0.3 is 23.8 Å². The van der Waals surface area contributed by atoms with E-state index in [9.17, 15) is 9.59 Å². The van der Waals surface area contributed by atoms with Gasteiger partial charge in [0.25, 0.3) is 5.91 Å². The number of aryl methyl sites for hydroxylation is 1. The summed E-state index contributed by atoms with van der Waals surface area (Å²) in [5.41, 5.74) is 1.51. The van der Waals surface area contributed by atoms with Crippen molar-refractivity contribution in [3.05, 3.63) is 60.5 Å². The molecule has 0 bridgehead atoms. The molecule has 3 aromatic rings. The molecule has 5 rings (SSSR count). The van der Waals surface area contributed by atoms with Gasteiger partial charge in [-0.15, -0.1) is 0 Å². The zero-order chi connectivity index (χ0) is 22.6. The quantitative estimate of drug-likeness (QED) is 0.591. The molecule has 1 atom stereocenters. The van der Waals surface area contributed by atoms with Crippen LogP contribution in [0.3, 0.4) is 0 Å². The number of fused-ring (bicyclic) bond motifs is 1. The fraction of sp³-hybridized carbons (Fsp3) is 0.333. The molecule has 3 heterocycles. The van der Waals surface area contributed by atoms with Gasteiger partial charge in [0.1, 0.15) is 5.75 Å². The lowest BCUT2D eigenvalue weighted by atomic mass is 10.1. The maximum Gasteiger partial charge on any atom is 0.265 e. The molecule has 1 unspecified atom stereocenters. The number of benzene rings is 2. The molecule has 2 aliphatic heterocycles. The van der Waals surface area contributed by atoms with Crippen LogP contribution in [0, 0.1) is 0 Å². The van der Waals surface area contributed by atoms with Crippen LogP contribution in [-0.4, -0.2) is 65.8 Å². The minimum absolute atomic E-state index is 0.130. The van der Waals surface area contributed by atoms with Crippen LogP contribution in [0.2, 0.25) is 0 Å². The summed E-state index contributed by atoms with van der Waals surface area (Å²) in [5, 5.41) is 4.01. The zero-order valence-electron chi connectivity index (χ0n) is 18.1. The highest BCUT2D eigenvalue weighted by Crippen LogP contribution is 2.34. The molecule has 9 heteroatoms. The Morgan fingerprint density at radius 3 is 2.58 bits per heavy atom. The van der Waals surface area contributed by atoms with Gasteiger partial charge in [-0.05, 0) is 12.1 Å². The number of nitrogens with zero attached hydrogens (tertiary/aromatic N) is 4. The van der Waals surface area contributed by atoms with Crippen LogP contribution in [0.25, 0.3) is 11.4 Å². The van der Waals surface area contributed by atoms with E-state index in [0.717, 1.165) is 5.56 Å². The van der Waals surface area contributed by atoms with E-state index in [0.29, 0.717) is 55.9 Å². The maximum absolute atomic E-state index is 13.2. The van der Waals surface area contributed by atoms with Crippen LogP contribution in [0.1, 0.15) is 12.3 Å². The fourth-order valence-corrected chi connectivity index (χ4v) is 4.00. The summed E-state index contributed by atoms with van der Waals surface area (Å²) in [6, 6.07) is 16.8. The van der Waals surface area contributed by atoms with E-state index in [-0.39, 0.29) is 24.8 Å². The molecule has 0 radical (unpaired) electrons. The first-order valence-electron chi connectivity index (χ1n) is 11.0. The minimum atomic E-state index is -0.755. The van der Waals surface area contributed by atoms with Gasteiger partial charge in [0.2, 0.25) is 17.6 Å². The Balaban J connectivity index is 1.28. The summed E-state index contributed by atoms with van der Waals surface area (Å²) in [6.45, 7) is 2.22. The maximum atomic E-state index is 13.2. The van der Waals surface area contributed by atoms with Crippen molar-refractivity contribution in [3.8, 4) is 17.1 Å². The molecule has 0 N–H and O–H groups in total. The number of para-hydroxylation sites is 2. The van der Waals surface area contributed by atoms with Gasteiger partial charge in [0.05, 0.1) is 25.4 Å². The number of amides is 2.